The molecule has 0 radical (unpaired) electrons. The van der Waals surface area contributed by atoms with E-state index < -0.39 is 0 Å². The van der Waals surface area contributed by atoms with Gasteiger partial charge in [-0.2, -0.15) is 0 Å². The largest absolute Gasteiger partial charge is 0.496 e. The van der Waals surface area contributed by atoms with Gasteiger partial charge >= 0.3 is 5.97 Å². The van der Waals surface area contributed by atoms with Crippen molar-refractivity contribution in [3.8, 4) is 5.75 Å². The second kappa shape index (κ2) is 10.9. The average molecular weight is 466 g/mol. The van der Waals surface area contributed by atoms with E-state index in [0.717, 1.165) is 67.6 Å². The van der Waals surface area contributed by atoms with Crippen LogP contribution < -0.4 is 15.0 Å². The smallest absolute Gasteiger partial charge is 0.339 e. The summed E-state index contributed by atoms with van der Waals surface area (Å²) >= 11 is 0. The second-order valence-corrected chi connectivity index (χ2v) is 9.15. The molecule has 2 aliphatic rings. The lowest BCUT2D eigenvalue weighted by Crippen LogP contribution is -2.50. The van der Waals surface area contributed by atoms with Gasteiger partial charge in [-0.05, 0) is 69.7 Å². The summed E-state index contributed by atoms with van der Waals surface area (Å²) in [5, 5.41) is 3.31. The first-order chi connectivity index (χ1) is 16.5. The minimum Gasteiger partial charge on any atom is -0.496 e. The molecule has 182 valence electrons. The van der Waals surface area contributed by atoms with Crippen molar-refractivity contribution in [1.82, 2.24) is 10.3 Å². The molecule has 1 aromatic carbocycles. The first-order valence-corrected chi connectivity index (χ1v) is 12.4. The summed E-state index contributed by atoms with van der Waals surface area (Å²) in [7, 11) is 1.66. The molecule has 2 atom stereocenters. The number of unbranched alkanes of at least 4 members (excludes halogenated alkanes) is 1. The number of esters is 1. The third-order valence-electron chi connectivity index (χ3n) is 6.97. The Hall–Kier alpha value is -3.09. The molecular weight excluding hydrogens is 430 g/mol. The van der Waals surface area contributed by atoms with Crippen molar-refractivity contribution in [3.63, 3.8) is 0 Å². The molecule has 0 saturated carbocycles. The van der Waals surface area contributed by atoms with Gasteiger partial charge in [0.05, 0.1) is 19.3 Å². The monoisotopic (exact) mass is 465 g/mol. The highest BCUT2D eigenvalue weighted by atomic mass is 16.5. The van der Waals surface area contributed by atoms with Gasteiger partial charge in [0.25, 0.3) is 5.91 Å². The van der Waals surface area contributed by atoms with Gasteiger partial charge in [0.2, 0.25) is 0 Å². The number of aromatic nitrogens is 1. The zero-order valence-electron chi connectivity index (χ0n) is 20.4. The molecule has 34 heavy (non-hydrogen) atoms. The number of hydrogen-bond donors (Lipinski definition) is 1. The van der Waals surface area contributed by atoms with E-state index in [1.807, 2.05) is 24.3 Å². The van der Waals surface area contributed by atoms with Crippen molar-refractivity contribution in [2.75, 3.05) is 18.6 Å². The van der Waals surface area contributed by atoms with Crippen LogP contribution in [0.25, 0.3) is 0 Å². The summed E-state index contributed by atoms with van der Waals surface area (Å²) < 4.78 is 10.6. The van der Waals surface area contributed by atoms with Gasteiger partial charge < -0.3 is 19.7 Å². The molecule has 3 heterocycles. The van der Waals surface area contributed by atoms with Crippen LogP contribution in [-0.2, 0) is 11.2 Å². The van der Waals surface area contributed by atoms with Gasteiger partial charge in [-0.25, -0.2) is 9.78 Å². The Morgan fingerprint density at radius 2 is 1.88 bits per heavy atom. The molecule has 0 spiro atoms. The zero-order valence-corrected chi connectivity index (χ0v) is 20.4. The van der Waals surface area contributed by atoms with Crippen molar-refractivity contribution in [3.05, 3.63) is 53.2 Å². The van der Waals surface area contributed by atoms with E-state index in [9.17, 15) is 9.59 Å². The number of ether oxygens (including phenoxy) is 2. The van der Waals surface area contributed by atoms with E-state index in [4.69, 9.17) is 9.47 Å². The maximum absolute atomic E-state index is 13.3. The van der Waals surface area contributed by atoms with Gasteiger partial charge in [-0.1, -0.05) is 19.4 Å². The summed E-state index contributed by atoms with van der Waals surface area (Å²) in [4.78, 5) is 32.1. The standard InChI is InChI=1S/C27H35N3O4/c1-4-6-8-22-23(9-7-10-24(22)33-3)26(31)29-19-15-20-12-13-21(16-19)30(20)25-14-11-18(17-28-25)27(32)34-5-2/h7,9-11,14,17,19-21H,4-6,8,12-13,15-16H2,1-3H3,(H,29,31). The molecule has 2 fully saturated rings. The lowest BCUT2D eigenvalue weighted by atomic mass is 9.95. The van der Waals surface area contributed by atoms with E-state index in [0.29, 0.717) is 24.3 Å². The van der Waals surface area contributed by atoms with Crippen molar-refractivity contribution in [1.29, 1.82) is 0 Å². The Morgan fingerprint density at radius 1 is 1.12 bits per heavy atom. The summed E-state index contributed by atoms with van der Waals surface area (Å²) in [6.07, 6.45) is 8.46. The van der Waals surface area contributed by atoms with Gasteiger partial charge in [0.15, 0.2) is 0 Å². The number of pyridine rings is 1. The average Bonchev–Trinajstić information content (AvgIpc) is 3.12. The molecular formula is C27H35N3O4. The van der Waals surface area contributed by atoms with Crippen LogP contribution >= 0.6 is 0 Å². The van der Waals surface area contributed by atoms with Crippen LogP contribution in [0.1, 0.15) is 78.7 Å². The number of nitrogens with one attached hydrogen (secondary N) is 1. The molecule has 1 amide bonds. The normalized spacial score (nSPS) is 21.3. The van der Waals surface area contributed by atoms with E-state index in [1.165, 1.54) is 0 Å². The number of carbonyl (C=O) groups is 2. The van der Waals surface area contributed by atoms with Crippen molar-refractivity contribution >= 4 is 17.7 Å². The van der Waals surface area contributed by atoms with Crippen LogP contribution in [0.3, 0.4) is 0 Å². The molecule has 4 rings (SSSR count). The summed E-state index contributed by atoms with van der Waals surface area (Å²) in [5.41, 5.74) is 2.19. The van der Waals surface area contributed by atoms with E-state index in [-0.39, 0.29) is 17.9 Å². The third-order valence-corrected chi connectivity index (χ3v) is 6.97. The highest BCUT2D eigenvalue weighted by molar-refractivity contribution is 5.96. The Bertz CT molecular complexity index is 993. The minimum atomic E-state index is -0.346. The van der Waals surface area contributed by atoms with Crippen LogP contribution in [0, 0.1) is 0 Å². The Kier molecular flexibility index (Phi) is 7.70. The molecule has 2 saturated heterocycles. The fourth-order valence-corrected chi connectivity index (χ4v) is 5.39. The fourth-order valence-electron chi connectivity index (χ4n) is 5.39. The molecule has 1 N–H and O–H groups in total. The number of piperidine rings is 1. The molecule has 0 aliphatic carbocycles. The SMILES string of the molecule is CCCCc1c(OC)cccc1C(=O)NC1CC2CCC(C1)N2c1ccc(C(=O)OCC)cn1. The number of hydrogen-bond acceptors (Lipinski definition) is 6. The maximum atomic E-state index is 13.3. The quantitative estimate of drug-likeness (QED) is 0.548. The molecule has 2 bridgehead atoms. The number of anilines is 1. The first-order valence-electron chi connectivity index (χ1n) is 12.4. The summed E-state index contributed by atoms with van der Waals surface area (Å²) in [5.74, 6) is 1.31. The molecule has 2 aromatic rings. The van der Waals surface area contributed by atoms with E-state index >= 15 is 0 Å². The predicted octanol–water partition coefficient (Wildman–Crippen LogP) is 4.54. The van der Waals surface area contributed by atoms with Crippen LogP contribution in [0.15, 0.2) is 36.5 Å². The molecule has 7 nitrogen and oxygen atoms in total. The Labute approximate surface area is 201 Å². The maximum Gasteiger partial charge on any atom is 0.339 e. The van der Waals surface area contributed by atoms with Crippen molar-refractivity contribution in [2.45, 2.75) is 76.9 Å². The van der Waals surface area contributed by atoms with Crippen LogP contribution in [0.5, 0.6) is 5.75 Å². The van der Waals surface area contributed by atoms with E-state index in [2.05, 4.69) is 22.1 Å². The van der Waals surface area contributed by atoms with Gasteiger partial charge in [0.1, 0.15) is 11.6 Å². The molecule has 7 heteroatoms. The number of rotatable bonds is 9. The molecule has 1 aromatic heterocycles. The Balaban J connectivity index is 1.43. The summed E-state index contributed by atoms with van der Waals surface area (Å²) in [6.45, 7) is 4.29. The van der Waals surface area contributed by atoms with Crippen molar-refractivity contribution < 1.29 is 19.1 Å². The third kappa shape index (κ3) is 5.03. The van der Waals surface area contributed by atoms with Crippen LogP contribution in [0.2, 0.25) is 0 Å². The van der Waals surface area contributed by atoms with Gasteiger partial charge in [-0.15, -0.1) is 0 Å². The summed E-state index contributed by atoms with van der Waals surface area (Å²) in [6, 6.07) is 10.2. The topological polar surface area (TPSA) is 80.8 Å². The first kappa shape index (κ1) is 24.0. The van der Waals surface area contributed by atoms with E-state index in [1.54, 1.807) is 26.3 Å². The number of fused-ring (bicyclic) bond motifs is 2. The van der Waals surface area contributed by atoms with Crippen LogP contribution in [-0.4, -0.2) is 48.7 Å². The van der Waals surface area contributed by atoms with Crippen molar-refractivity contribution in [2.24, 2.45) is 0 Å². The zero-order chi connectivity index (χ0) is 24.1. The molecule has 2 unspecified atom stereocenters. The number of amides is 1. The lowest BCUT2D eigenvalue weighted by molar-refractivity contribution is 0.0525. The second-order valence-electron chi connectivity index (χ2n) is 9.15. The lowest BCUT2D eigenvalue weighted by Gasteiger charge is -2.40. The highest BCUT2D eigenvalue weighted by Crippen LogP contribution is 2.38. The number of nitrogens with zero attached hydrogens (tertiary/aromatic N) is 2. The number of methoxy groups -OCH3 is 1. The Morgan fingerprint density at radius 3 is 2.50 bits per heavy atom. The minimum absolute atomic E-state index is 0.0141. The fraction of sp³-hybridized carbons (Fsp3) is 0.519. The molecule has 2 aliphatic heterocycles. The number of carbonyl (C=O) groups excluding carboxylic acids is 2. The highest BCUT2D eigenvalue weighted by Gasteiger charge is 2.42. The number of benzene rings is 1. The van der Waals surface area contributed by atoms with Crippen LogP contribution in [0.4, 0.5) is 5.82 Å². The van der Waals surface area contributed by atoms with Gasteiger partial charge in [0, 0.05) is 35.4 Å². The van der Waals surface area contributed by atoms with Gasteiger partial charge in [-0.3, -0.25) is 4.79 Å². The predicted molar refractivity (Wildman–Crippen MR) is 132 cm³/mol.